The fourth-order valence-corrected chi connectivity index (χ4v) is 4.29. The lowest BCUT2D eigenvalue weighted by Crippen LogP contribution is -2.63. The second-order valence-corrected chi connectivity index (χ2v) is 6.64. The van der Waals surface area contributed by atoms with E-state index in [9.17, 15) is 0 Å². The highest BCUT2D eigenvalue weighted by Crippen LogP contribution is 2.54. The van der Waals surface area contributed by atoms with Crippen molar-refractivity contribution in [1.82, 2.24) is 5.32 Å². The molecule has 0 aromatic carbocycles. The monoisotopic (exact) mass is 267 g/mol. The molecule has 2 saturated carbocycles. The van der Waals surface area contributed by atoms with Gasteiger partial charge in [-0.05, 0) is 45.1 Å². The van der Waals surface area contributed by atoms with Crippen LogP contribution in [-0.2, 0) is 9.47 Å². The lowest BCUT2D eigenvalue weighted by atomic mass is 9.60. The first kappa shape index (κ1) is 13.8. The van der Waals surface area contributed by atoms with Crippen molar-refractivity contribution in [2.75, 3.05) is 19.8 Å². The van der Waals surface area contributed by atoms with Gasteiger partial charge in [0.2, 0.25) is 0 Å². The molecule has 0 aromatic heterocycles. The minimum Gasteiger partial charge on any atom is -0.376 e. The standard InChI is InChI=1S/C16H29NO2/c1-2-9-17-14-11-15(16(14)7-3-4-8-16)19-12-13-6-5-10-18-13/h13-15,17H,2-12H2,1H3. The SMILES string of the molecule is CCCNC1CC(OCC2CCCO2)C12CCCC2. The van der Waals surface area contributed by atoms with Crippen molar-refractivity contribution in [3.63, 3.8) is 0 Å². The van der Waals surface area contributed by atoms with E-state index in [1.54, 1.807) is 0 Å². The molecule has 3 atom stereocenters. The van der Waals surface area contributed by atoms with Gasteiger partial charge in [-0.25, -0.2) is 0 Å². The van der Waals surface area contributed by atoms with Crippen LogP contribution in [0.15, 0.2) is 0 Å². The Hall–Kier alpha value is -0.120. The van der Waals surface area contributed by atoms with Crippen molar-refractivity contribution in [3.05, 3.63) is 0 Å². The number of nitrogens with one attached hydrogen (secondary N) is 1. The molecular formula is C16H29NO2. The Labute approximate surface area is 117 Å². The van der Waals surface area contributed by atoms with Gasteiger partial charge in [0.1, 0.15) is 0 Å². The molecule has 3 rings (SSSR count). The van der Waals surface area contributed by atoms with Crippen molar-refractivity contribution in [2.24, 2.45) is 5.41 Å². The molecule has 1 heterocycles. The summed E-state index contributed by atoms with van der Waals surface area (Å²) < 4.78 is 11.9. The van der Waals surface area contributed by atoms with E-state index in [2.05, 4.69) is 12.2 Å². The van der Waals surface area contributed by atoms with E-state index in [0.29, 0.717) is 23.7 Å². The largest absolute Gasteiger partial charge is 0.376 e. The van der Waals surface area contributed by atoms with Crippen LogP contribution in [0.2, 0.25) is 0 Å². The third-order valence-electron chi connectivity index (χ3n) is 5.47. The van der Waals surface area contributed by atoms with E-state index in [0.717, 1.165) is 19.8 Å². The lowest BCUT2D eigenvalue weighted by Gasteiger charge is -2.54. The minimum atomic E-state index is 0.376. The Morgan fingerprint density at radius 1 is 1.26 bits per heavy atom. The summed E-state index contributed by atoms with van der Waals surface area (Å²) in [5.41, 5.74) is 0.466. The Morgan fingerprint density at radius 2 is 2.11 bits per heavy atom. The summed E-state index contributed by atoms with van der Waals surface area (Å²) in [5, 5.41) is 3.75. The minimum absolute atomic E-state index is 0.376. The van der Waals surface area contributed by atoms with E-state index in [1.807, 2.05) is 0 Å². The molecule has 2 aliphatic carbocycles. The predicted octanol–water partition coefficient (Wildman–Crippen LogP) is 2.88. The van der Waals surface area contributed by atoms with Gasteiger partial charge in [0.25, 0.3) is 0 Å². The molecule has 3 unspecified atom stereocenters. The van der Waals surface area contributed by atoms with Crippen molar-refractivity contribution < 1.29 is 9.47 Å². The van der Waals surface area contributed by atoms with Crippen LogP contribution in [0.3, 0.4) is 0 Å². The molecule has 1 spiro atoms. The maximum atomic E-state index is 6.24. The van der Waals surface area contributed by atoms with Crippen LogP contribution in [0.1, 0.15) is 58.3 Å². The maximum absolute atomic E-state index is 6.24. The second kappa shape index (κ2) is 6.11. The van der Waals surface area contributed by atoms with Gasteiger partial charge in [-0.15, -0.1) is 0 Å². The molecule has 0 radical (unpaired) electrons. The summed E-state index contributed by atoms with van der Waals surface area (Å²) in [6, 6.07) is 0.712. The van der Waals surface area contributed by atoms with Crippen molar-refractivity contribution in [3.8, 4) is 0 Å². The van der Waals surface area contributed by atoms with Crippen LogP contribution in [0.4, 0.5) is 0 Å². The number of rotatable bonds is 6. The van der Waals surface area contributed by atoms with E-state index < -0.39 is 0 Å². The van der Waals surface area contributed by atoms with Gasteiger partial charge in [0.15, 0.2) is 0 Å². The molecular weight excluding hydrogens is 238 g/mol. The first-order valence-electron chi connectivity index (χ1n) is 8.32. The Kier molecular flexibility index (Phi) is 4.45. The molecule has 1 N–H and O–H groups in total. The molecule has 3 heteroatoms. The van der Waals surface area contributed by atoms with Crippen LogP contribution >= 0.6 is 0 Å². The molecule has 0 bridgehead atoms. The molecule has 3 fully saturated rings. The Bertz CT molecular complexity index is 282. The van der Waals surface area contributed by atoms with Gasteiger partial charge in [0, 0.05) is 18.1 Å². The summed E-state index contributed by atoms with van der Waals surface area (Å²) in [5.74, 6) is 0. The molecule has 3 aliphatic rings. The highest BCUT2D eigenvalue weighted by Gasteiger charge is 2.56. The fraction of sp³-hybridized carbons (Fsp3) is 1.00. The predicted molar refractivity (Wildman–Crippen MR) is 76.3 cm³/mol. The van der Waals surface area contributed by atoms with E-state index in [4.69, 9.17) is 9.47 Å². The summed E-state index contributed by atoms with van der Waals surface area (Å²) in [7, 11) is 0. The van der Waals surface area contributed by atoms with Crippen LogP contribution in [0.25, 0.3) is 0 Å². The number of hydrogen-bond donors (Lipinski definition) is 1. The van der Waals surface area contributed by atoms with Gasteiger partial charge < -0.3 is 14.8 Å². The quantitative estimate of drug-likeness (QED) is 0.802. The van der Waals surface area contributed by atoms with E-state index >= 15 is 0 Å². The van der Waals surface area contributed by atoms with Gasteiger partial charge in [-0.2, -0.15) is 0 Å². The second-order valence-electron chi connectivity index (χ2n) is 6.64. The van der Waals surface area contributed by atoms with Crippen LogP contribution in [-0.4, -0.2) is 38.0 Å². The van der Waals surface area contributed by atoms with Gasteiger partial charge in [-0.1, -0.05) is 19.8 Å². The third kappa shape index (κ3) is 2.70. The molecule has 3 nitrogen and oxygen atoms in total. The first-order valence-corrected chi connectivity index (χ1v) is 8.32. The Morgan fingerprint density at radius 3 is 2.79 bits per heavy atom. The van der Waals surface area contributed by atoms with Crippen molar-refractivity contribution in [2.45, 2.75) is 76.5 Å². The zero-order valence-corrected chi connectivity index (χ0v) is 12.3. The fourth-order valence-electron chi connectivity index (χ4n) is 4.29. The summed E-state index contributed by atoms with van der Waals surface area (Å²) in [4.78, 5) is 0. The average Bonchev–Trinajstić information content (AvgIpc) is 3.09. The average molecular weight is 267 g/mol. The maximum Gasteiger partial charge on any atom is 0.0809 e. The third-order valence-corrected chi connectivity index (χ3v) is 5.47. The zero-order valence-electron chi connectivity index (χ0n) is 12.3. The normalized spacial score (nSPS) is 36.8. The number of hydrogen-bond acceptors (Lipinski definition) is 3. The van der Waals surface area contributed by atoms with Crippen LogP contribution < -0.4 is 5.32 Å². The van der Waals surface area contributed by atoms with Gasteiger partial charge >= 0.3 is 0 Å². The highest BCUT2D eigenvalue weighted by molar-refractivity contribution is 5.10. The molecule has 0 aromatic rings. The van der Waals surface area contributed by atoms with E-state index in [-0.39, 0.29) is 0 Å². The zero-order chi connectivity index (χ0) is 13.1. The lowest BCUT2D eigenvalue weighted by molar-refractivity contribution is -0.149. The van der Waals surface area contributed by atoms with Gasteiger partial charge in [0.05, 0.1) is 18.8 Å². The molecule has 1 aliphatic heterocycles. The molecule has 1 saturated heterocycles. The summed E-state index contributed by atoms with van der Waals surface area (Å²) >= 11 is 0. The van der Waals surface area contributed by atoms with E-state index in [1.165, 1.54) is 51.4 Å². The summed E-state index contributed by atoms with van der Waals surface area (Å²) in [6.45, 7) is 5.17. The first-order chi connectivity index (χ1) is 9.35. The molecule has 19 heavy (non-hydrogen) atoms. The topological polar surface area (TPSA) is 30.5 Å². The van der Waals surface area contributed by atoms with Crippen LogP contribution in [0, 0.1) is 5.41 Å². The number of ether oxygens (including phenoxy) is 2. The van der Waals surface area contributed by atoms with Crippen molar-refractivity contribution >= 4 is 0 Å². The smallest absolute Gasteiger partial charge is 0.0809 e. The Balaban J connectivity index is 1.50. The van der Waals surface area contributed by atoms with Crippen molar-refractivity contribution in [1.29, 1.82) is 0 Å². The highest BCUT2D eigenvalue weighted by atomic mass is 16.5. The van der Waals surface area contributed by atoms with Crippen LogP contribution in [0.5, 0.6) is 0 Å². The van der Waals surface area contributed by atoms with Gasteiger partial charge in [-0.3, -0.25) is 0 Å². The molecule has 0 amide bonds. The summed E-state index contributed by atoms with van der Waals surface area (Å²) in [6.07, 6.45) is 11.2. The molecule has 110 valence electrons.